The van der Waals surface area contributed by atoms with Gasteiger partial charge in [-0.1, -0.05) is 66.7 Å². The minimum atomic E-state index is -3.52. The summed E-state index contributed by atoms with van der Waals surface area (Å²) in [5.41, 5.74) is 3.27. The van der Waals surface area contributed by atoms with Crippen LogP contribution in [-0.2, 0) is 39.1 Å². The molecule has 1 heterocycles. The van der Waals surface area contributed by atoms with Gasteiger partial charge < -0.3 is 19.7 Å². The highest BCUT2D eigenvalue weighted by Crippen LogP contribution is 2.27. The van der Waals surface area contributed by atoms with Gasteiger partial charge in [0, 0.05) is 32.6 Å². The van der Waals surface area contributed by atoms with Gasteiger partial charge in [-0.2, -0.15) is 4.31 Å². The molecule has 4 aromatic rings. The smallest absolute Gasteiger partial charge is 0.247 e. The summed E-state index contributed by atoms with van der Waals surface area (Å²) in [7, 11) is -0.325. The van der Waals surface area contributed by atoms with Gasteiger partial charge >= 0.3 is 0 Å². The van der Waals surface area contributed by atoms with E-state index >= 15 is 0 Å². The summed E-state index contributed by atoms with van der Waals surface area (Å²) < 4.78 is 38.0. The molecule has 0 unspecified atom stereocenters. The lowest BCUT2D eigenvalue weighted by Gasteiger charge is -2.32. The van der Waals surface area contributed by atoms with Gasteiger partial charge in [0.05, 0.1) is 19.1 Å². The Bertz CT molecular complexity index is 1720. The Morgan fingerprint density at radius 1 is 0.766 bits per heavy atom. The van der Waals surface area contributed by atoms with Gasteiger partial charge in [-0.3, -0.25) is 9.59 Å². The third-order valence-corrected chi connectivity index (χ3v) is 10.3. The summed E-state index contributed by atoms with van der Waals surface area (Å²) in [6, 6.07) is 30.0. The number of sulfonamides is 1. The second-order valence-corrected chi connectivity index (χ2v) is 13.4. The lowest BCUT2D eigenvalue weighted by Crippen LogP contribution is -2.43. The highest BCUT2D eigenvalue weighted by atomic mass is 32.2. The number of carbonyl (C=O) groups is 2. The van der Waals surface area contributed by atoms with E-state index in [0.29, 0.717) is 30.8 Å². The minimum Gasteiger partial charge on any atom is -0.497 e. The van der Waals surface area contributed by atoms with Crippen LogP contribution in [0, 0.1) is 0 Å². The molecule has 1 fully saturated rings. The van der Waals surface area contributed by atoms with Gasteiger partial charge in [-0.15, -0.1) is 0 Å². The molecule has 1 aliphatic heterocycles. The molecule has 0 bridgehead atoms. The molecule has 0 aromatic heterocycles. The number of amides is 2. The van der Waals surface area contributed by atoms with Crippen molar-refractivity contribution >= 4 is 21.8 Å². The second-order valence-electron chi connectivity index (χ2n) is 11.5. The third kappa shape index (κ3) is 8.58. The summed E-state index contributed by atoms with van der Waals surface area (Å²) in [4.78, 5) is 30.0. The molecule has 2 amide bonds. The van der Waals surface area contributed by atoms with Gasteiger partial charge in [-0.05, 0) is 77.9 Å². The summed E-state index contributed by atoms with van der Waals surface area (Å²) >= 11 is 0. The Morgan fingerprint density at radius 3 is 1.89 bits per heavy atom. The van der Waals surface area contributed by atoms with E-state index in [9.17, 15) is 18.0 Å². The van der Waals surface area contributed by atoms with Gasteiger partial charge in [0.1, 0.15) is 17.5 Å². The van der Waals surface area contributed by atoms with Crippen LogP contribution in [0.1, 0.15) is 47.6 Å². The highest BCUT2D eigenvalue weighted by molar-refractivity contribution is 7.89. The SMILES string of the molecule is COc1ccc(CNC(=O)[C@H](c2ccccc2)N(Cc2ccc(OC)cc2)C(=O)CCc2ccc(S(=O)(=O)N3CCCC3)cc2)cc1. The molecular weight excluding hydrogens is 614 g/mol. The van der Waals surface area contributed by atoms with Crippen LogP contribution in [0.4, 0.5) is 0 Å². The van der Waals surface area contributed by atoms with Crippen LogP contribution in [0.3, 0.4) is 0 Å². The lowest BCUT2D eigenvalue weighted by molar-refractivity contribution is -0.141. The standard InChI is InChI=1S/C37H41N3O6S/c1-45-32-17-10-29(11-18-32)26-38-37(42)36(31-8-4-3-5-9-31)40(27-30-12-19-33(46-2)20-13-30)35(41)23-16-28-14-21-34(22-15-28)47(43,44)39-24-6-7-25-39/h3-5,8-15,17-22,36H,6-7,16,23-27H2,1-2H3,(H,38,42)/t36-/m0/s1. The fourth-order valence-electron chi connectivity index (χ4n) is 5.69. The van der Waals surface area contributed by atoms with E-state index < -0.39 is 16.1 Å². The average Bonchev–Trinajstić information content (AvgIpc) is 3.67. The van der Waals surface area contributed by atoms with Gasteiger partial charge in [0.15, 0.2) is 0 Å². The van der Waals surface area contributed by atoms with Crippen molar-refractivity contribution in [2.45, 2.75) is 49.7 Å². The van der Waals surface area contributed by atoms with Crippen LogP contribution in [0.25, 0.3) is 0 Å². The third-order valence-electron chi connectivity index (χ3n) is 8.39. The van der Waals surface area contributed by atoms with Crippen LogP contribution in [0.15, 0.2) is 108 Å². The molecule has 1 saturated heterocycles. The Kier molecular flexibility index (Phi) is 11.3. The van der Waals surface area contributed by atoms with Gasteiger partial charge in [-0.25, -0.2) is 8.42 Å². The molecule has 47 heavy (non-hydrogen) atoms. The van der Waals surface area contributed by atoms with E-state index in [1.54, 1.807) is 43.4 Å². The Labute approximate surface area is 277 Å². The monoisotopic (exact) mass is 655 g/mol. The maximum Gasteiger partial charge on any atom is 0.247 e. The molecule has 0 radical (unpaired) electrons. The second kappa shape index (κ2) is 15.8. The first-order valence-electron chi connectivity index (χ1n) is 15.8. The maximum atomic E-state index is 14.1. The fourth-order valence-corrected chi connectivity index (χ4v) is 7.21. The van der Waals surface area contributed by atoms with Crippen LogP contribution in [-0.4, -0.2) is 56.7 Å². The quantitative estimate of drug-likeness (QED) is 0.192. The molecule has 246 valence electrons. The normalized spacial score (nSPS) is 13.9. The Morgan fingerprint density at radius 2 is 1.32 bits per heavy atom. The van der Waals surface area contributed by atoms with Crippen molar-refractivity contribution in [3.63, 3.8) is 0 Å². The molecule has 0 spiro atoms. The van der Waals surface area contributed by atoms with E-state index in [1.807, 2.05) is 78.9 Å². The molecule has 0 saturated carbocycles. The molecular formula is C37H41N3O6S. The van der Waals surface area contributed by atoms with Crippen LogP contribution < -0.4 is 14.8 Å². The molecule has 9 nitrogen and oxygen atoms in total. The van der Waals surface area contributed by atoms with Crippen molar-refractivity contribution in [2.75, 3.05) is 27.3 Å². The van der Waals surface area contributed by atoms with Crippen molar-refractivity contribution < 1.29 is 27.5 Å². The Hall–Kier alpha value is -4.67. The number of nitrogens with one attached hydrogen (secondary N) is 1. The number of hydrogen-bond acceptors (Lipinski definition) is 6. The summed E-state index contributed by atoms with van der Waals surface area (Å²) in [6.07, 6.45) is 2.26. The van der Waals surface area contributed by atoms with Crippen LogP contribution in [0.2, 0.25) is 0 Å². The van der Waals surface area contributed by atoms with Crippen molar-refractivity contribution in [2.24, 2.45) is 0 Å². The first-order chi connectivity index (χ1) is 22.8. The van der Waals surface area contributed by atoms with Gasteiger partial charge in [0.2, 0.25) is 21.8 Å². The zero-order chi connectivity index (χ0) is 33.2. The van der Waals surface area contributed by atoms with E-state index in [2.05, 4.69) is 5.32 Å². The van der Waals surface area contributed by atoms with Crippen molar-refractivity contribution in [1.29, 1.82) is 0 Å². The molecule has 1 N–H and O–H groups in total. The summed E-state index contributed by atoms with van der Waals surface area (Å²) in [5, 5.41) is 3.04. The van der Waals surface area contributed by atoms with Crippen LogP contribution >= 0.6 is 0 Å². The van der Waals surface area contributed by atoms with E-state index in [1.165, 1.54) is 4.31 Å². The van der Waals surface area contributed by atoms with Crippen LogP contribution in [0.5, 0.6) is 11.5 Å². The number of methoxy groups -OCH3 is 2. The number of carbonyl (C=O) groups excluding carboxylic acids is 2. The zero-order valence-electron chi connectivity index (χ0n) is 26.8. The number of rotatable bonds is 14. The number of ether oxygens (including phenoxy) is 2. The fraction of sp³-hybridized carbons (Fsp3) is 0.297. The molecule has 0 aliphatic carbocycles. The highest BCUT2D eigenvalue weighted by Gasteiger charge is 2.32. The number of hydrogen-bond donors (Lipinski definition) is 1. The topological polar surface area (TPSA) is 105 Å². The van der Waals surface area contributed by atoms with Gasteiger partial charge in [0.25, 0.3) is 0 Å². The Balaban J connectivity index is 1.37. The molecule has 10 heteroatoms. The lowest BCUT2D eigenvalue weighted by atomic mass is 10.0. The predicted octanol–water partition coefficient (Wildman–Crippen LogP) is 5.51. The van der Waals surface area contributed by atoms with E-state index in [-0.39, 0.29) is 36.2 Å². The maximum absolute atomic E-state index is 14.1. The molecule has 1 aliphatic rings. The first-order valence-corrected chi connectivity index (χ1v) is 17.2. The zero-order valence-corrected chi connectivity index (χ0v) is 27.6. The average molecular weight is 656 g/mol. The minimum absolute atomic E-state index is 0.128. The number of nitrogens with zero attached hydrogens (tertiary/aromatic N) is 2. The predicted molar refractivity (Wildman–Crippen MR) is 180 cm³/mol. The van der Waals surface area contributed by atoms with E-state index in [0.717, 1.165) is 35.3 Å². The molecule has 4 aromatic carbocycles. The summed E-state index contributed by atoms with van der Waals surface area (Å²) in [5.74, 6) is 0.911. The largest absolute Gasteiger partial charge is 0.497 e. The summed E-state index contributed by atoms with van der Waals surface area (Å²) in [6.45, 7) is 1.56. The number of aryl methyl sites for hydroxylation is 1. The van der Waals surface area contributed by atoms with Crippen molar-refractivity contribution in [1.82, 2.24) is 14.5 Å². The first kappa shape index (κ1) is 33.7. The number of benzene rings is 4. The van der Waals surface area contributed by atoms with E-state index in [4.69, 9.17) is 9.47 Å². The molecule has 1 atom stereocenters. The van der Waals surface area contributed by atoms with Crippen molar-refractivity contribution in [3.05, 3.63) is 125 Å². The van der Waals surface area contributed by atoms with Crippen molar-refractivity contribution in [3.8, 4) is 11.5 Å². The molecule has 5 rings (SSSR count).